The number of hydrogen-bond acceptors (Lipinski definition) is 5. The minimum absolute atomic E-state index is 0.000992. The topological polar surface area (TPSA) is 113 Å². The average Bonchev–Trinajstić information content (AvgIpc) is 2.77. The maximum absolute atomic E-state index is 11.0. The molecule has 0 radical (unpaired) electrons. The molecule has 0 heterocycles. The molecule has 0 atom stereocenters. The summed E-state index contributed by atoms with van der Waals surface area (Å²) in [6, 6.07) is 19.7. The van der Waals surface area contributed by atoms with Gasteiger partial charge in [0.1, 0.15) is 12.4 Å². The standard InChI is InChI=1S/C23H15BrN2O5/c24-21-12-15(10-19(13-25)17-5-7-18(8-6-17)23(27)28)4-9-22(21)31-14-16-2-1-3-20(11-16)26(29)30/h1-12H,14H2,(H,27,28)/b19-10+. The molecule has 0 saturated carbocycles. The van der Waals surface area contributed by atoms with Gasteiger partial charge in [-0.1, -0.05) is 30.3 Å². The number of nitriles is 1. The van der Waals surface area contributed by atoms with Crippen molar-refractivity contribution in [1.29, 1.82) is 5.26 Å². The lowest BCUT2D eigenvalue weighted by Crippen LogP contribution is -1.97. The van der Waals surface area contributed by atoms with E-state index in [-0.39, 0.29) is 17.9 Å². The number of hydrogen-bond donors (Lipinski definition) is 1. The number of nitro benzene ring substituents is 1. The van der Waals surface area contributed by atoms with Gasteiger partial charge in [-0.05, 0) is 63.0 Å². The molecular weight excluding hydrogens is 464 g/mol. The molecule has 154 valence electrons. The summed E-state index contributed by atoms with van der Waals surface area (Å²) < 4.78 is 6.41. The fraction of sp³-hybridized carbons (Fsp3) is 0.0435. The third kappa shape index (κ3) is 5.56. The Bertz CT molecular complexity index is 1210. The summed E-state index contributed by atoms with van der Waals surface area (Å²) in [4.78, 5) is 21.4. The lowest BCUT2D eigenvalue weighted by Gasteiger charge is -2.09. The molecule has 31 heavy (non-hydrogen) atoms. The number of carboxylic acid groups (broad SMARTS) is 1. The summed E-state index contributed by atoms with van der Waals surface area (Å²) in [6.45, 7) is 0.162. The Labute approximate surface area is 186 Å². The lowest BCUT2D eigenvalue weighted by atomic mass is 10.0. The zero-order chi connectivity index (χ0) is 22.4. The minimum atomic E-state index is -1.03. The van der Waals surface area contributed by atoms with E-state index in [9.17, 15) is 20.2 Å². The number of ether oxygens (including phenoxy) is 1. The van der Waals surface area contributed by atoms with Gasteiger partial charge in [0.2, 0.25) is 0 Å². The minimum Gasteiger partial charge on any atom is -0.488 e. The number of rotatable bonds is 7. The number of allylic oxidation sites excluding steroid dienone is 1. The summed E-state index contributed by atoms with van der Waals surface area (Å²) in [5, 5.41) is 29.4. The third-order valence-corrected chi connectivity index (χ3v) is 4.97. The number of halogens is 1. The van der Waals surface area contributed by atoms with Crippen molar-refractivity contribution in [2.45, 2.75) is 6.61 Å². The monoisotopic (exact) mass is 478 g/mol. The van der Waals surface area contributed by atoms with E-state index in [1.807, 2.05) is 0 Å². The number of nitro groups is 1. The van der Waals surface area contributed by atoms with E-state index in [4.69, 9.17) is 9.84 Å². The lowest BCUT2D eigenvalue weighted by molar-refractivity contribution is -0.384. The van der Waals surface area contributed by atoms with Gasteiger partial charge in [-0.15, -0.1) is 0 Å². The number of nitrogens with zero attached hydrogens (tertiary/aromatic N) is 2. The Kier molecular flexibility index (Phi) is 6.80. The first kappa shape index (κ1) is 21.7. The van der Waals surface area contributed by atoms with Gasteiger partial charge >= 0.3 is 5.97 Å². The first-order chi connectivity index (χ1) is 14.9. The van der Waals surface area contributed by atoms with Crippen molar-refractivity contribution in [3.8, 4) is 11.8 Å². The molecule has 0 aromatic heterocycles. The van der Waals surface area contributed by atoms with Gasteiger partial charge in [0.05, 0.1) is 26.6 Å². The predicted octanol–water partition coefficient (Wildman–Crippen LogP) is 5.70. The van der Waals surface area contributed by atoms with Crippen LogP contribution in [-0.4, -0.2) is 16.0 Å². The van der Waals surface area contributed by atoms with Crippen molar-refractivity contribution in [3.63, 3.8) is 0 Å². The van der Waals surface area contributed by atoms with Crippen LogP contribution < -0.4 is 4.74 Å². The molecule has 7 nitrogen and oxygen atoms in total. The van der Waals surface area contributed by atoms with Crippen molar-refractivity contribution in [1.82, 2.24) is 0 Å². The fourth-order valence-electron chi connectivity index (χ4n) is 2.78. The van der Waals surface area contributed by atoms with Crippen molar-refractivity contribution in [3.05, 3.63) is 104 Å². The van der Waals surface area contributed by atoms with Crippen LogP contribution in [0.5, 0.6) is 5.75 Å². The zero-order valence-electron chi connectivity index (χ0n) is 16.0. The summed E-state index contributed by atoms with van der Waals surface area (Å²) in [5.74, 6) is -0.480. The summed E-state index contributed by atoms with van der Waals surface area (Å²) in [5.41, 5.74) is 2.55. The van der Waals surface area contributed by atoms with Gasteiger partial charge in [0.15, 0.2) is 0 Å². The van der Waals surface area contributed by atoms with Gasteiger partial charge in [-0.2, -0.15) is 5.26 Å². The Morgan fingerprint density at radius 3 is 2.45 bits per heavy atom. The Hall–Kier alpha value is -3.96. The van der Waals surface area contributed by atoms with E-state index in [1.165, 1.54) is 24.3 Å². The molecule has 0 bridgehead atoms. The molecule has 0 fully saturated rings. The van der Waals surface area contributed by atoms with Crippen LogP contribution in [0.25, 0.3) is 11.6 Å². The predicted molar refractivity (Wildman–Crippen MR) is 118 cm³/mol. The molecule has 0 unspecified atom stereocenters. The number of carboxylic acids is 1. The Morgan fingerprint density at radius 1 is 1.13 bits per heavy atom. The largest absolute Gasteiger partial charge is 0.488 e. The van der Waals surface area contributed by atoms with Gasteiger partial charge in [0, 0.05) is 12.1 Å². The van der Waals surface area contributed by atoms with Crippen LogP contribution in [0.1, 0.15) is 27.0 Å². The van der Waals surface area contributed by atoms with Gasteiger partial charge in [-0.3, -0.25) is 10.1 Å². The van der Waals surface area contributed by atoms with Crippen LogP contribution in [0.2, 0.25) is 0 Å². The number of aromatic carboxylic acids is 1. The Balaban J connectivity index is 1.76. The molecule has 0 aliphatic rings. The van der Waals surface area contributed by atoms with Crippen LogP contribution in [0, 0.1) is 21.4 Å². The number of benzene rings is 3. The molecule has 8 heteroatoms. The molecule has 0 aliphatic heterocycles. The summed E-state index contributed by atoms with van der Waals surface area (Å²) >= 11 is 3.44. The van der Waals surface area contributed by atoms with E-state index in [0.717, 1.165) is 5.56 Å². The second-order valence-electron chi connectivity index (χ2n) is 6.46. The molecule has 1 N–H and O–H groups in total. The highest BCUT2D eigenvalue weighted by Crippen LogP contribution is 2.29. The smallest absolute Gasteiger partial charge is 0.335 e. The molecule has 0 aliphatic carbocycles. The first-order valence-electron chi connectivity index (χ1n) is 8.98. The average molecular weight is 479 g/mol. The highest BCUT2D eigenvalue weighted by atomic mass is 79.9. The van der Waals surface area contributed by atoms with Crippen molar-refractivity contribution in [2.75, 3.05) is 0 Å². The van der Waals surface area contributed by atoms with E-state index >= 15 is 0 Å². The van der Waals surface area contributed by atoms with Crippen LogP contribution in [0.3, 0.4) is 0 Å². The normalized spacial score (nSPS) is 10.9. The zero-order valence-corrected chi connectivity index (χ0v) is 17.6. The van der Waals surface area contributed by atoms with Gasteiger partial charge in [-0.25, -0.2) is 4.79 Å². The molecule has 0 amide bonds. The van der Waals surface area contributed by atoms with Crippen LogP contribution >= 0.6 is 15.9 Å². The van der Waals surface area contributed by atoms with Crippen molar-refractivity contribution < 1.29 is 19.6 Å². The molecule has 0 saturated heterocycles. The highest BCUT2D eigenvalue weighted by Gasteiger charge is 2.09. The first-order valence-corrected chi connectivity index (χ1v) is 9.78. The van der Waals surface area contributed by atoms with Crippen LogP contribution in [0.4, 0.5) is 5.69 Å². The summed E-state index contributed by atoms with van der Waals surface area (Å²) in [6.07, 6.45) is 1.69. The molecule has 3 rings (SSSR count). The quantitative estimate of drug-likeness (QED) is 0.201. The van der Waals surface area contributed by atoms with Crippen molar-refractivity contribution >= 4 is 39.2 Å². The van der Waals surface area contributed by atoms with E-state index in [0.29, 0.717) is 26.9 Å². The maximum Gasteiger partial charge on any atom is 0.335 e. The van der Waals surface area contributed by atoms with Crippen LogP contribution in [0.15, 0.2) is 71.2 Å². The van der Waals surface area contributed by atoms with E-state index < -0.39 is 10.9 Å². The molecular formula is C23H15BrN2O5. The van der Waals surface area contributed by atoms with Gasteiger partial charge < -0.3 is 9.84 Å². The van der Waals surface area contributed by atoms with Crippen molar-refractivity contribution in [2.24, 2.45) is 0 Å². The molecule has 3 aromatic rings. The maximum atomic E-state index is 11.0. The number of non-ortho nitro benzene ring substituents is 1. The highest BCUT2D eigenvalue weighted by molar-refractivity contribution is 9.10. The molecule has 3 aromatic carbocycles. The van der Waals surface area contributed by atoms with E-state index in [2.05, 4.69) is 22.0 Å². The summed E-state index contributed by atoms with van der Waals surface area (Å²) in [7, 11) is 0. The molecule has 0 spiro atoms. The fourth-order valence-corrected chi connectivity index (χ4v) is 3.29. The van der Waals surface area contributed by atoms with Crippen LogP contribution in [-0.2, 0) is 6.61 Å². The second kappa shape index (κ2) is 9.69. The van der Waals surface area contributed by atoms with Gasteiger partial charge in [0.25, 0.3) is 5.69 Å². The van der Waals surface area contributed by atoms with E-state index in [1.54, 1.807) is 48.5 Å². The second-order valence-corrected chi connectivity index (χ2v) is 7.31. The SMILES string of the molecule is N#C/C(=C\c1ccc(OCc2cccc([N+](=O)[O-])c2)c(Br)c1)c1ccc(C(=O)O)cc1. The Morgan fingerprint density at radius 2 is 1.84 bits per heavy atom. The number of carbonyl (C=O) groups is 1. The third-order valence-electron chi connectivity index (χ3n) is 4.35.